The van der Waals surface area contributed by atoms with E-state index in [-0.39, 0.29) is 11.5 Å². The van der Waals surface area contributed by atoms with Gasteiger partial charge < -0.3 is 14.8 Å². The fourth-order valence-corrected chi connectivity index (χ4v) is 4.59. The molecule has 1 aliphatic rings. The number of hydrogen-bond acceptors (Lipinski definition) is 5. The van der Waals surface area contributed by atoms with E-state index in [1.54, 1.807) is 12.1 Å². The molecule has 2 aromatic heterocycles. The fourth-order valence-electron chi connectivity index (χ4n) is 3.81. The Balaban J connectivity index is 1.75. The number of ether oxygens (including phenoxy) is 1. The highest BCUT2D eigenvalue weighted by molar-refractivity contribution is 8.13. The predicted octanol–water partition coefficient (Wildman–Crippen LogP) is 4.10. The van der Waals surface area contributed by atoms with Crippen LogP contribution in [0.5, 0.6) is 5.88 Å². The Bertz CT molecular complexity index is 1090. The molecule has 0 aliphatic heterocycles. The molecule has 1 fully saturated rings. The van der Waals surface area contributed by atoms with Crippen LogP contribution in [0.4, 0.5) is 0 Å². The van der Waals surface area contributed by atoms with Crippen LogP contribution in [0.15, 0.2) is 29.2 Å². The number of halogens is 1. The molecule has 0 atom stereocenters. The fraction of sp³-hybridized carbons (Fsp3) is 0.421. The number of aromatic amines is 1. The number of hydrogen-bond donors (Lipinski definition) is 2. The van der Waals surface area contributed by atoms with Crippen LogP contribution < -0.4 is 4.74 Å². The number of pyridine rings is 1. The Kier molecular flexibility index (Phi) is 5.01. The molecule has 0 bridgehead atoms. The van der Waals surface area contributed by atoms with E-state index in [4.69, 9.17) is 15.4 Å². The summed E-state index contributed by atoms with van der Waals surface area (Å²) >= 11 is 0. The van der Waals surface area contributed by atoms with Crippen LogP contribution >= 0.6 is 10.7 Å². The van der Waals surface area contributed by atoms with Gasteiger partial charge in [0.25, 0.3) is 9.05 Å². The Morgan fingerprint density at radius 1 is 1.19 bits per heavy atom. The number of nitrogens with zero attached hydrogens (tertiary/aromatic N) is 1. The zero-order chi connectivity index (χ0) is 19.0. The van der Waals surface area contributed by atoms with Crippen LogP contribution in [-0.4, -0.2) is 30.1 Å². The lowest BCUT2D eigenvalue weighted by atomic mass is 9.90. The molecule has 4 rings (SSSR count). The highest BCUT2D eigenvalue weighted by atomic mass is 35.7. The molecule has 0 spiro atoms. The summed E-state index contributed by atoms with van der Waals surface area (Å²) in [6.45, 7) is 0.359. The summed E-state index contributed by atoms with van der Waals surface area (Å²) in [5.74, 6) is 0.974. The highest BCUT2D eigenvalue weighted by Crippen LogP contribution is 2.32. The van der Waals surface area contributed by atoms with Gasteiger partial charge in [-0.2, -0.15) is 0 Å². The van der Waals surface area contributed by atoms with Gasteiger partial charge in [0.1, 0.15) is 0 Å². The molecule has 0 unspecified atom stereocenters. The van der Waals surface area contributed by atoms with Crippen molar-refractivity contribution >= 4 is 41.5 Å². The van der Waals surface area contributed by atoms with Crippen molar-refractivity contribution in [1.29, 1.82) is 0 Å². The Labute approximate surface area is 161 Å². The van der Waals surface area contributed by atoms with Gasteiger partial charge in [0, 0.05) is 33.0 Å². The molecule has 144 valence electrons. The molecule has 0 amide bonds. The second-order valence-electron chi connectivity index (χ2n) is 7.07. The molecule has 27 heavy (non-hydrogen) atoms. The van der Waals surface area contributed by atoms with E-state index in [2.05, 4.69) is 9.97 Å². The number of H-pyrrole nitrogens is 1. The Hall–Kier alpha value is -1.83. The van der Waals surface area contributed by atoms with Crippen LogP contribution in [0.2, 0.25) is 0 Å². The Morgan fingerprint density at radius 3 is 2.67 bits per heavy atom. The summed E-state index contributed by atoms with van der Waals surface area (Å²) in [6, 6.07) is 6.43. The van der Waals surface area contributed by atoms with Crippen molar-refractivity contribution in [1.82, 2.24) is 9.97 Å². The SMILES string of the molecule is O=S(=O)(Cl)c1ccc2[nH]c3c(CO)nc(OCC4CCCCC4)cc3c2c1. The third-order valence-corrected chi connectivity index (χ3v) is 6.59. The molecule has 2 N–H and O–H groups in total. The van der Waals surface area contributed by atoms with Crippen molar-refractivity contribution < 1.29 is 18.3 Å². The van der Waals surface area contributed by atoms with Gasteiger partial charge in [-0.05, 0) is 37.0 Å². The number of fused-ring (bicyclic) bond motifs is 3. The minimum Gasteiger partial charge on any atom is -0.477 e. The van der Waals surface area contributed by atoms with E-state index in [9.17, 15) is 13.5 Å². The first-order valence-corrected chi connectivity index (χ1v) is 11.4. The van der Waals surface area contributed by atoms with Crippen molar-refractivity contribution in [2.24, 2.45) is 5.92 Å². The quantitative estimate of drug-likeness (QED) is 0.620. The van der Waals surface area contributed by atoms with E-state index in [1.807, 2.05) is 0 Å². The molecular weight excluding hydrogens is 388 g/mol. The molecule has 1 aliphatic carbocycles. The topological polar surface area (TPSA) is 92.3 Å². The summed E-state index contributed by atoms with van der Waals surface area (Å²) in [7, 11) is 1.66. The molecule has 0 saturated heterocycles. The maximum absolute atomic E-state index is 11.7. The van der Waals surface area contributed by atoms with Crippen LogP contribution in [0.1, 0.15) is 37.8 Å². The standard InChI is InChI=1S/C19H21ClN2O4S/c20-27(24,25)13-6-7-16-14(8-13)15-9-18(21-17(10-23)19(15)22-16)26-11-12-4-2-1-3-5-12/h6-9,12,22-23H,1-5,10-11H2. The number of nitrogens with one attached hydrogen (secondary N) is 1. The van der Waals surface area contributed by atoms with Crippen LogP contribution in [0.25, 0.3) is 21.8 Å². The van der Waals surface area contributed by atoms with Gasteiger partial charge in [-0.1, -0.05) is 19.3 Å². The average Bonchev–Trinajstić information content (AvgIpc) is 3.04. The summed E-state index contributed by atoms with van der Waals surface area (Å²) in [5, 5.41) is 11.2. The van der Waals surface area contributed by atoms with Gasteiger partial charge in [0.2, 0.25) is 5.88 Å². The van der Waals surface area contributed by atoms with Crippen molar-refractivity contribution in [2.75, 3.05) is 6.61 Å². The lowest BCUT2D eigenvalue weighted by Gasteiger charge is -2.21. The van der Waals surface area contributed by atoms with Gasteiger partial charge in [-0.3, -0.25) is 0 Å². The van der Waals surface area contributed by atoms with Crippen LogP contribution in [-0.2, 0) is 15.7 Å². The molecule has 1 aromatic carbocycles. The molecule has 8 heteroatoms. The highest BCUT2D eigenvalue weighted by Gasteiger charge is 2.18. The third kappa shape index (κ3) is 3.77. The molecule has 6 nitrogen and oxygen atoms in total. The molecule has 3 aromatic rings. The van der Waals surface area contributed by atoms with Crippen molar-refractivity contribution in [2.45, 2.75) is 43.6 Å². The summed E-state index contributed by atoms with van der Waals surface area (Å²) < 4.78 is 29.3. The van der Waals surface area contributed by atoms with Crippen LogP contribution in [0, 0.1) is 5.92 Å². The van der Waals surface area contributed by atoms with Gasteiger partial charge >= 0.3 is 0 Å². The third-order valence-electron chi connectivity index (χ3n) is 5.23. The molecule has 0 radical (unpaired) electrons. The lowest BCUT2D eigenvalue weighted by Crippen LogP contribution is -2.15. The molecular formula is C19H21ClN2O4S. The molecule has 2 heterocycles. The van der Waals surface area contributed by atoms with Crippen molar-refractivity contribution in [3.8, 4) is 5.88 Å². The number of aliphatic hydroxyl groups is 1. The first kappa shape index (κ1) is 18.5. The zero-order valence-corrected chi connectivity index (χ0v) is 16.3. The first-order valence-electron chi connectivity index (χ1n) is 9.09. The smallest absolute Gasteiger partial charge is 0.261 e. The van der Waals surface area contributed by atoms with E-state index in [0.717, 1.165) is 10.9 Å². The second kappa shape index (κ2) is 7.30. The lowest BCUT2D eigenvalue weighted by molar-refractivity contribution is 0.201. The maximum atomic E-state index is 11.7. The van der Waals surface area contributed by atoms with E-state index < -0.39 is 9.05 Å². The number of rotatable bonds is 5. The van der Waals surface area contributed by atoms with Crippen LogP contribution in [0.3, 0.4) is 0 Å². The van der Waals surface area contributed by atoms with E-state index >= 15 is 0 Å². The van der Waals surface area contributed by atoms with Gasteiger partial charge in [-0.15, -0.1) is 0 Å². The summed E-state index contributed by atoms with van der Waals surface area (Å²) in [4.78, 5) is 7.65. The van der Waals surface area contributed by atoms with E-state index in [1.165, 1.54) is 44.2 Å². The maximum Gasteiger partial charge on any atom is 0.261 e. The minimum atomic E-state index is -3.83. The zero-order valence-electron chi connectivity index (χ0n) is 14.7. The summed E-state index contributed by atoms with van der Waals surface area (Å²) in [6.07, 6.45) is 6.09. The van der Waals surface area contributed by atoms with Gasteiger partial charge in [-0.25, -0.2) is 13.4 Å². The molecule has 1 saturated carbocycles. The second-order valence-corrected chi connectivity index (χ2v) is 9.64. The summed E-state index contributed by atoms with van der Waals surface area (Å²) in [5.41, 5.74) is 1.88. The number of aromatic nitrogens is 2. The minimum absolute atomic E-state index is 0.0320. The normalized spacial score (nSPS) is 16.2. The van der Waals surface area contributed by atoms with Crippen molar-refractivity contribution in [3.05, 3.63) is 30.0 Å². The average molecular weight is 409 g/mol. The van der Waals surface area contributed by atoms with Gasteiger partial charge in [0.15, 0.2) is 0 Å². The van der Waals surface area contributed by atoms with E-state index in [0.29, 0.717) is 35.0 Å². The largest absolute Gasteiger partial charge is 0.477 e. The van der Waals surface area contributed by atoms with Gasteiger partial charge in [0.05, 0.1) is 29.3 Å². The number of benzene rings is 1. The Morgan fingerprint density at radius 2 is 1.96 bits per heavy atom. The number of aliphatic hydroxyl groups excluding tert-OH is 1. The first-order chi connectivity index (χ1) is 13.0. The predicted molar refractivity (Wildman–Crippen MR) is 105 cm³/mol. The van der Waals surface area contributed by atoms with Crippen molar-refractivity contribution in [3.63, 3.8) is 0 Å². The monoisotopic (exact) mass is 408 g/mol.